The Morgan fingerprint density at radius 3 is 2.57 bits per heavy atom. The van der Waals surface area contributed by atoms with Gasteiger partial charge in [0.05, 0.1) is 6.54 Å². The first-order valence-corrected chi connectivity index (χ1v) is 7.29. The van der Waals surface area contributed by atoms with Gasteiger partial charge >= 0.3 is 0 Å². The molecule has 0 aliphatic carbocycles. The van der Waals surface area contributed by atoms with E-state index in [1.54, 1.807) is 25.2 Å². The fraction of sp³-hybridized carbons (Fsp3) is 0.500. The Kier molecular flexibility index (Phi) is 5.44. The number of benzene rings is 1. The van der Waals surface area contributed by atoms with Crippen molar-refractivity contribution in [3.8, 4) is 0 Å². The van der Waals surface area contributed by atoms with Gasteiger partial charge in [0.1, 0.15) is 5.82 Å². The number of nitrogens with zero attached hydrogens (tertiary/aromatic N) is 1. The van der Waals surface area contributed by atoms with E-state index in [-0.39, 0.29) is 29.8 Å². The molecule has 1 heterocycles. The van der Waals surface area contributed by atoms with Gasteiger partial charge in [-0.3, -0.25) is 14.5 Å². The first kappa shape index (κ1) is 15.6. The maximum atomic E-state index is 13.5. The molecule has 1 N–H and O–H groups in total. The fourth-order valence-corrected chi connectivity index (χ4v) is 2.72. The van der Waals surface area contributed by atoms with Gasteiger partial charge in [-0.1, -0.05) is 18.2 Å². The second kappa shape index (κ2) is 7.31. The van der Waals surface area contributed by atoms with Crippen LogP contribution in [0.2, 0.25) is 0 Å². The van der Waals surface area contributed by atoms with Crippen LogP contribution in [0.15, 0.2) is 24.3 Å². The molecule has 2 rings (SSSR count). The van der Waals surface area contributed by atoms with E-state index in [1.807, 2.05) is 4.90 Å². The number of piperidine rings is 1. The van der Waals surface area contributed by atoms with E-state index in [4.69, 9.17) is 0 Å². The van der Waals surface area contributed by atoms with Gasteiger partial charge in [0.2, 0.25) is 5.91 Å². The minimum absolute atomic E-state index is 0.0125. The van der Waals surface area contributed by atoms with Crippen molar-refractivity contribution in [3.05, 3.63) is 35.6 Å². The topological polar surface area (TPSA) is 49.4 Å². The summed E-state index contributed by atoms with van der Waals surface area (Å²) in [5.74, 6) is -0.192. The lowest BCUT2D eigenvalue weighted by Crippen LogP contribution is -2.41. The van der Waals surface area contributed by atoms with Crippen LogP contribution in [-0.2, 0) is 16.0 Å². The Bertz CT molecular complexity index is 511. The highest BCUT2D eigenvalue weighted by Crippen LogP contribution is 2.17. The lowest BCUT2D eigenvalue weighted by Gasteiger charge is -2.30. The van der Waals surface area contributed by atoms with Crippen molar-refractivity contribution in [1.82, 2.24) is 10.2 Å². The molecule has 1 aliphatic heterocycles. The first-order chi connectivity index (χ1) is 10.1. The second-order valence-corrected chi connectivity index (χ2v) is 5.47. The van der Waals surface area contributed by atoms with Gasteiger partial charge in [-0.05, 0) is 37.6 Å². The normalized spacial score (nSPS) is 16.7. The van der Waals surface area contributed by atoms with E-state index in [1.165, 1.54) is 6.07 Å². The van der Waals surface area contributed by atoms with Gasteiger partial charge in [0, 0.05) is 19.4 Å². The molecule has 0 spiro atoms. The number of hydrogen-bond acceptors (Lipinski definition) is 3. The number of carbonyl (C=O) groups is 2. The molecule has 0 radical (unpaired) electrons. The molecule has 1 saturated heterocycles. The molecule has 114 valence electrons. The Morgan fingerprint density at radius 1 is 1.29 bits per heavy atom. The number of amides is 1. The van der Waals surface area contributed by atoms with Gasteiger partial charge < -0.3 is 5.32 Å². The zero-order valence-electron chi connectivity index (χ0n) is 12.3. The molecule has 5 heteroatoms. The molecule has 21 heavy (non-hydrogen) atoms. The molecule has 0 bridgehead atoms. The molecular weight excluding hydrogens is 271 g/mol. The zero-order valence-corrected chi connectivity index (χ0v) is 12.3. The molecule has 4 nitrogen and oxygen atoms in total. The van der Waals surface area contributed by atoms with E-state index in [9.17, 15) is 14.0 Å². The number of likely N-dealkylation sites (tertiary alicyclic amines) is 1. The standard InChI is InChI=1S/C16H21FN2O2/c1-18-16(21)12-6-8-19(9-7-12)11-14(20)10-13-4-2-3-5-15(13)17/h2-5,12H,6-11H2,1H3,(H,18,21). The summed E-state index contributed by atoms with van der Waals surface area (Å²) in [5.41, 5.74) is 0.447. The summed E-state index contributed by atoms with van der Waals surface area (Å²) < 4.78 is 13.5. The largest absolute Gasteiger partial charge is 0.359 e. The highest BCUT2D eigenvalue weighted by molar-refractivity contribution is 5.83. The van der Waals surface area contributed by atoms with E-state index >= 15 is 0 Å². The van der Waals surface area contributed by atoms with Crippen LogP contribution in [0, 0.1) is 11.7 Å². The van der Waals surface area contributed by atoms with Crippen molar-refractivity contribution >= 4 is 11.7 Å². The molecule has 0 aromatic heterocycles. The number of Topliss-reactive ketones (excluding diaryl/α,β-unsaturated/α-hetero) is 1. The van der Waals surface area contributed by atoms with Crippen LogP contribution in [0.3, 0.4) is 0 Å². The number of rotatable bonds is 5. The Hall–Kier alpha value is -1.75. The Labute approximate surface area is 124 Å². The molecular formula is C16H21FN2O2. The highest BCUT2D eigenvalue weighted by Gasteiger charge is 2.25. The third-order valence-electron chi connectivity index (χ3n) is 3.95. The summed E-state index contributed by atoms with van der Waals surface area (Å²) in [6.07, 6.45) is 1.67. The average Bonchev–Trinajstić information content (AvgIpc) is 2.49. The molecule has 1 aliphatic rings. The van der Waals surface area contributed by atoms with Crippen molar-refractivity contribution < 1.29 is 14.0 Å². The van der Waals surface area contributed by atoms with E-state index in [0.717, 1.165) is 25.9 Å². The Morgan fingerprint density at radius 2 is 1.95 bits per heavy atom. The average molecular weight is 292 g/mol. The maximum absolute atomic E-state index is 13.5. The van der Waals surface area contributed by atoms with Crippen molar-refractivity contribution in [2.75, 3.05) is 26.7 Å². The third-order valence-corrected chi connectivity index (χ3v) is 3.95. The highest BCUT2D eigenvalue weighted by atomic mass is 19.1. The molecule has 1 aromatic rings. The van der Waals surface area contributed by atoms with E-state index < -0.39 is 0 Å². The lowest BCUT2D eigenvalue weighted by atomic mass is 9.95. The third kappa shape index (κ3) is 4.36. The lowest BCUT2D eigenvalue weighted by molar-refractivity contribution is -0.126. The van der Waals surface area contributed by atoms with Gasteiger partial charge in [0.25, 0.3) is 0 Å². The summed E-state index contributed by atoms with van der Waals surface area (Å²) in [6.45, 7) is 1.80. The summed E-state index contributed by atoms with van der Waals surface area (Å²) in [4.78, 5) is 25.6. The number of carbonyl (C=O) groups excluding carboxylic acids is 2. The monoisotopic (exact) mass is 292 g/mol. The van der Waals surface area contributed by atoms with Gasteiger partial charge in [-0.2, -0.15) is 0 Å². The summed E-state index contributed by atoms with van der Waals surface area (Å²) in [7, 11) is 1.65. The van der Waals surface area contributed by atoms with Crippen molar-refractivity contribution in [2.45, 2.75) is 19.3 Å². The number of halogens is 1. The van der Waals surface area contributed by atoms with Crippen LogP contribution >= 0.6 is 0 Å². The van der Waals surface area contributed by atoms with Gasteiger partial charge in [-0.25, -0.2) is 4.39 Å². The molecule has 1 aromatic carbocycles. The maximum Gasteiger partial charge on any atom is 0.222 e. The van der Waals surface area contributed by atoms with Crippen LogP contribution in [0.25, 0.3) is 0 Å². The predicted octanol–water partition coefficient (Wildman–Crippen LogP) is 1.40. The second-order valence-electron chi connectivity index (χ2n) is 5.47. The number of nitrogens with one attached hydrogen (secondary N) is 1. The van der Waals surface area contributed by atoms with Crippen molar-refractivity contribution in [1.29, 1.82) is 0 Å². The summed E-state index contributed by atoms with van der Waals surface area (Å²) >= 11 is 0. The van der Waals surface area contributed by atoms with Crippen molar-refractivity contribution in [2.24, 2.45) is 5.92 Å². The zero-order chi connectivity index (χ0) is 15.2. The molecule has 1 amide bonds. The van der Waals surface area contributed by atoms with Crippen molar-refractivity contribution in [3.63, 3.8) is 0 Å². The first-order valence-electron chi connectivity index (χ1n) is 7.29. The molecule has 0 atom stereocenters. The Balaban J connectivity index is 1.80. The fourth-order valence-electron chi connectivity index (χ4n) is 2.72. The van der Waals surface area contributed by atoms with Crippen LogP contribution in [0.5, 0.6) is 0 Å². The van der Waals surface area contributed by atoms with E-state index in [0.29, 0.717) is 12.1 Å². The molecule has 0 saturated carbocycles. The van der Waals surface area contributed by atoms with Crippen LogP contribution in [-0.4, -0.2) is 43.3 Å². The molecule has 1 fully saturated rings. The summed E-state index contributed by atoms with van der Waals surface area (Å²) in [6, 6.07) is 6.37. The minimum Gasteiger partial charge on any atom is -0.359 e. The van der Waals surface area contributed by atoms with Gasteiger partial charge in [0.15, 0.2) is 5.78 Å². The summed E-state index contributed by atoms with van der Waals surface area (Å²) in [5, 5.41) is 2.66. The predicted molar refractivity (Wildman–Crippen MR) is 78.3 cm³/mol. The SMILES string of the molecule is CNC(=O)C1CCN(CC(=O)Cc2ccccc2F)CC1. The van der Waals surface area contributed by atoms with E-state index in [2.05, 4.69) is 5.32 Å². The van der Waals surface area contributed by atoms with Gasteiger partial charge in [-0.15, -0.1) is 0 Å². The minimum atomic E-state index is -0.329. The quantitative estimate of drug-likeness (QED) is 0.892. The smallest absolute Gasteiger partial charge is 0.222 e. The van der Waals surface area contributed by atoms with Crippen LogP contribution in [0.1, 0.15) is 18.4 Å². The number of hydrogen-bond donors (Lipinski definition) is 1. The van der Waals surface area contributed by atoms with Crippen LogP contribution < -0.4 is 5.32 Å². The number of ketones is 1. The molecule has 0 unspecified atom stereocenters. The van der Waals surface area contributed by atoms with Crippen LogP contribution in [0.4, 0.5) is 4.39 Å².